The van der Waals surface area contributed by atoms with Crippen LogP contribution in [0.5, 0.6) is 0 Å². The van der Waals surface area contributed by atoms with Gasteiger partial charge in [0.05, 0.1) is 0 Å². The molecule has 1 unspecified atom stereocenters. The Bertz CT molecular complexity index is 1090. The van der Waals surface area contributed by atoms with Crippen LogP contribution in [0.4, 0.5) is 0 Å². The molecule has 6 nitrogen and oxygen atoms in total. The average molecular weight is 825 g/mol. The van der Waals surface area contributed by atoms with E-state index in [1.807, 2.05) is 36.5 Å². The number of rotatable bonds is 44. The Balaban J connectivity index is 4.42. The highest BCUT2D eigenvalue weighted by atomic mass is 16.6. The van der Waals surface area contributed by atoms with Gasteiger partial charge in [-0.05, 0) is 64.2 Å². The summed E-state index contributed by atoms with van der Waals surface area (Å²) in [4.78, 5) is 37.9. The van der Waals surface area contributed by atoms with Gasteiger partial charge < -0.3 is 14.2 Å². The predicted octanol–water partition coefficient (Wildman–Crippen LogP) is 16.1. The molecule has 0 saturated heterocycles. The van der Waals surface area contributed by atoms with Crippen molar-refractivity contribution in [1.82, 2.24) is 0 Å². The SMILES string of the molecule is CC\C=C/C=C\C=C/C=C\CCCCCC(=O)OC(COC(=O)CCCCCCC/C=C\CCCCCCCCC)COC(=O)CCCCCCCCCCCCCC. The summed E-state index contributed by atoms with van der Waals surface area (Å²) in [5, 5.41) is 0. The summed E-state index contributed by atoms with van der Waals surface area (Å²) in [5.74, 6) is -0.937. The zero-order chi connectivity index (χ0) is 43.0. The number of hydrogen-bond donors (Lipinski definition) is 0. The molecule has 0 fully saturated rings. The Morgan fingerprint density at radius 2 is 0.678 bits per heavy atom. The van der Waals surface area contributed by atoms with Crippen LogP contribution in [0.25, 0.3) is 0 Å². The summed E-state index contributed by atoms with van der Waals surface area (Å²) in [6.45, 7) is 6.45. The highest BCUT2D eigenvalue weighted by Gasteiger charge is 2.19. The van der Waals surface area contributed by atoms with Crippen molar-refractivity contribution in [3.8, 4) is 0 Å². The van der Waals surface area contributed by atoms with Crippen molar-refractivity contribution < 1.29 is 28.6 Å². The van der Waals surface area contributed by atoms with Gasteiger partial charge in [-0.2, -0.15) is 0 Å². The summed E-state index contributed by atoms with van der Waals surface area (Å²) in [6.07, 6.45) is 57.7. The monoisotopic (exact) mass is 825 g/mol. The Morgan fingerprint density at radius 1 is 0.356 bits per heavy atom. The zero-order valence-electron chi connectivity index (χ0n) is 38.8. The third kappa shape index (κ3) is 46.0. The molecule has 0 aliphatic rings. The maximum atomic E-state index is 12.7. The van der Waals surface area contributed by atoms with Gasteiger partial charge in [-0.15, -0.1) is 0 Å². The van der Waals surface area contributed by atoms with Crippen LogP contribution in [0.2, 0.25) is 0 Å². The lowest BCUT2D eigenvalue weighted by Gasteiger charge is -2.18. The number of carbonyl (C=O) groups is 3. The minimum absolute atomic E-state index is 0.0913. The van der Waals surface area contributed by atoms with Crippen LogP contribution in [-0.2, 0) is 28.6 Å². The molecule has 0 rings (SSSR count). The van der Waals surface area contributed by atoms with E-state index >= 15 is 0 Å². The highest BCUT2D eigenvalue weighted by molar-refractivity contribution is 5.71. The van der Waals surface area contributed by atoms with Crippen molar-refractivity contribution in [2.75, 3.05) is 13.2 Å². The zero-order valence-corrected chi connectivity index (χ0v) is 38.8. The number of unbranched alkanes of at least 4 members (excludes halogenated alkanes) is 26. The summed E-state index contributed by atoms with van der Waals surface area (Å²) < 4.78 is 16.7. The van der Waals surface area contributed by atoms with Gasteiger partial charge in [-0.1, -0.05) is 216 Å². The van der Waals surface area contributed by atoms with Crippen LogP contribution >= 0.6 is 0 Å². The highest BCUT2D eigenvalue weighted by Crippen LogP contribution is 2.14. The number of hydrogen-bond acceptors (Lipinski definition) is 6. The number of allylic oxidation sites excluding steroid dienone is 10. The largest absolute Gasteiger partial charge is 0.462 e. The van der Waals surface area contributed by atoms with E-state index in [0.29, 0.717) is 12.8 Å². The van der Waals surface area contributed by atoms with Gasteiger partial charge in [0, 0.05) is 19.3 Å². The molecule has 0 radical (unpaired) electrons. The van der Waals surface area contributed by atoms with Crippen LogP contribution in [-0.4, -0.2) is 37.2 Å². The quantitative estimate of drug-likeness (QED) is 0.0200. The molecular weight excluding hydrogens is 733 g/mol. The van der Waals surface area contributed by atoms with Crippen LogP contribution < -0.4 is 0 Å². The molecule has 340 valence electrons. The van der Waals surface area contributed by atoms with Gasteiger partial charge in [0.2, 0.25) is 0 Å². The molecule has 0 spiro atoms. The lowest BCUT2D eigenvalue weighted by atomic mass is 10.0. The minimum Gasteiger partial charge on any atom is -0.462 e. The first kappa shape index (κ1) is 56.1. The summed E-state index contributed by atoms with van der Waals surface area (Å²) in [7, 11) is 0. The molecule has 0 amide bonds. The van der Waals surface area contributed by atoms with Crippen LogP contribution in [0.1, 0.15) is 239 Å². The second-order valence-corrected chi connectivity index (χ2v) is 16.4. The van der Waals surface area contributed by atoms with Crippen molar-refractivity contribution in [1.29, 1.82) is 0 Å². The first-order valence-electron chi connectivity index (χ1n) is 24.8. The molecule has 0 aliphatic heterocycles. The third-order valence-corrected chi connectivity index (χ3v) is 10.6. The smallest absolute Gasteiger partial charge is 0.306 e. The minimum atomic E-state index is -0.794. The van der Waals surface area contributed by atoms with Gasteiger partial charge >= 0.3 is 17.9 Å². The van der Waals surface area contributed by atoms with E-state index in [1.54, 1.807) is 0 Å². The molecule has 59 heavy (non-hydrogen) atoms. The second-order valence-electron chi connectivity index (χ2n) is 16.4. The normalized spacial score (nSPS) is 12.5. The molecule has 0 bridgehead atoms. The third-order valence-electron chi connectivity index (χ3n) is 10.6. The fourth-order valence-electron chi connectivity index (χ4n) is 6.86. The van der Waals surface area contributed by atoms with E-state index in [1.165, 1.54) is 122 Å². The van der Waals surface area contributed by atoms with E-state index in [-0.39, 0.29) is 37.5 Å². The molecule has 0 aromatic carbocycles. The first-order valence-corrected chi connectivity index (χ1v) is 24.8. The Kier molecular flexibility index (Phi) is 45.4. The average Bonchev–Trinajstić information content (AvgIpc) is 3.23. The second kappa shape index (κ2) is 47.8. The molecule has 0 heterocycles. The van der Waals surface area contributed by atoms with Crippen molar-refractivity contribution in [2.45, 2.75) is 245 Å². The van der Waals surface area contributed by atoms with Crippen molar-refractivity contribution in [3.63, 3.8) is 0 Å². The first-order chi connectivity index (χ1) is 29.0. The van der Waals surface area contributed by atoms with Crippen molar-refractivity contribution >= 4 is 17.9 Å². The van der Waals surface area contributed by atoms with Crippen LogP contribution in [0, 0.1) is 0 Å². The number of carbonyl (C=O) groups excluding carboxylic acids is 3. The predicted molar refractivity (Wildman–Crippen MR) is 251 cm³/mol. The number of esters is 3. The van der Waals surface area contributed by atoms with E-state index in [0.717, 1.165) is 77.0 Å². The van der Waals surface area contributed by atoms with Gasteiger partial charge in [-0.25, -0.2) is 0 Å². The van der Waals surface area contributed by atoms with Gasteiger partial charge in [-0.3, -0.25) is 14.4 Å². The molecule has 6 heteroatoms. The molecule has 0 saturated carbocycles. The summed E-state index contributed by atoms with van der Waals surface area (Å²) >= 11 is 0. The van der Waals surface area contributed by atoms with Crippen LogP contribution in [0.3, 0.4) is 0 Å². The summed E-state index contributed by atoms with van der Waals surface area (Å²) in [5.41, 5.74) is 0. The molecule has 0 aliphatic carbocycles. The number of ether oxygens (including phenoxy) is 3. The van der Waals surface area contributed by atoms with Gasteiger partial charge in [0.1, 0.15) is 13.2 Å². The van der Waals surface area contributed by atoms with E-state index in [4.69, 9.17) is 14.2 Å². The fraction of sp³-hybridized carbons (Fsp3) is 0.755. The maximum Gasteiger partial charge on any atom is 0.306 e. The van der Waals surface area contributed by atoms with E-state index in [9.17, 15) is 14.4 Å². The lowest BCUT2D eigenvalue weighted by Crippen LogP contribution is -2.30. The fourth-order valence-corrected chi connectivity index (χ4v) is 6.86. The maximum absolute atomic E-state index is 12.7. The standard InChI is InChI=1S/C53H92O6/c1-4-7-10-13-16-19-22-25-26-27-29-31-34-37-40-43-46-52(55)58-49-50(48-57-51(54)45-42-39-36-33-30-24-21-18-15-12-9-6-3)59-53(56)47-44-41-38-35-32-28-23-20-17-14-11-8-5-2/h8,11,14,17,20,23,26-28,32,50H,4-7,9-10,12-13,15-16,18-19,21-22,24-25,29-31,33-49H2,1-3H3/b11-8-,17-14-,23-20-,27-26-,32-28-. The van der Waals surface area contributed by atoms with E-state index < -0.39 is 6.10 Å². The van der Waals surface area contributed by atoms with Gasteiger partial charge in [0.15, 0.2) is 6.10 Å². The van der Waals surface area contributed by atoms with Crippen molar-refractivity contribution in [2.24, 2.45) is 0 Å². The Morgan fingerprint density at radius 3 is 1.10 bits per heavy atom. The van der Waals surface area contributed by atoms with Gasteiger partial charge in [0.25, 0.3) is 0 Å². The lowest BCUT2D eigenvalue weighted by molar-refractivity contribution is -0.167. The molecule has 0 aromatic heterocycles. The van der Waals surface area contributed by atoms with Crippen LogP contribution in [0.15, 0.2) is 60.8 Å². The Hall–Kier alpha value is -2.89. The van der Waals surface area contributed by atoms with Crippen molar-refractivity contribution in [3.05, 3.63) is 60.8 Å². The topological polar surface area (TPSA) is 78.9 Å². The molecular formula is C53H92O6. The Labute approximate surface area is 364 Å². The molecule has 0 aromatic rings. The molecule has 1 atom stereocenters. The molecule has 0 N–H and O–H groups in total. The van der Waals surface area contributed by atoms with E-state index in [2.05, 4.69) is 45.1 Å². The summed E-state index contributed by atoms with van der Waals surface area (Å²) in [6, 6.07) is 0.